The van der Waals surface area contributed by atoms with Crippen molar-refractivity contribution in [2.45, 2.75) is 12.5 Å². The summed E-state index contributed by atoms with van der Waals surface area (Å²) in [6, 6.07) is 7.50. The molecule has 0 radical (unpaired) electrons. The van der Waals surface area contributed by atoms with Crippen LogP contribution in [0.15, 0.2) is 29.6 Å². The predicted molar refractivity (Wildman–Crippen MR) is 81.3 cm³/mol. The molecule has 3 rings (SSSR count). The van der Waals surface area contributed by atoms with Gasteiger partial charge in [-0.25, -0.2) is 0 Å². The molecule has 1 saturated heterocycles. The highest BCUT2D eigenvalue weighted by molar-refractivity contribution is 7.17. The van der Waals surface area contributed by atoms with Gasteiger partial charge in [-0.05, 0) is 35.4 Å². The molecule has 1 aliphatic heterocycles. The molecule has 1 unspecified atom stereocenters. The van der Waals surface area contributed by atoms with Gasteiger partial charge >= 0.3 is 5.97 Å². The quantitative estimate of drug-likeness (QED) is 0.911. The highest BCUT2D eigenvalue weighted by Crippen LogP contribution is 2.33. The summed E-state index contributed by atoms with van der Waals surface area (Å²) in [5, 5.41) is 16.1. The van der Waals surface area contributed by atoms with Crippen LogP contribution in [0.2, 0.25) is 0 Å². The standard InChI is InChI=1S/C15H18N2O2S/c18-15(19)14(17-8-3-6-16-7-9-17)12-10-20-13-5-2-1-4-11(12)13/h1-2,4-5,10,14,16H,3,6-9H2,(H,18,19). The van der Waals surface area contributed by atoms with Crippen molar-refractivity contribution in [3.63, 3.8) is 0 Å². The van der Waals surface area contributed by atoms with Crippen molar-refractivity contribution in [1.82, 2.24) is 10.2 Å². The second-order valence-electron chi connectivity index (χ2n) is 5.07. The van der Waals surface area contributed by atoms with E-state index in [1.807, 2.05) is 29.6 Å². The third-order valence-corrected chi connectivity index (χ3v) is 4.76. The van der Waals surface area contributed by atoms with Crippen LogP contribution in [0.3, 0.4) is 0 Å². The Morgan fingerprint density at radius 3 is 3.00 bits per heavy atom. The molecule has 1 aromatic heterocycles. The van der Waals surface area contributed by atoms with E-state index in [9.17, 15) is 9.90 Å². The van der Waals surface area contributed by atoms with E-state index >= 15 is 0 Å². The summed E-state index contributed by atoms with van der Waals surface area (Å²) in [7, 11) is 0. The van der Waals surface area contributed by atoms with Gasteiger partial charge in [-0.3, -0.25) is 9.69 Å². The summed E-state index contributed by atoms with van der Waals surface area (Å²) in [5.74, 6) is -0.754. The lowest BCUT2D eigenvalue weighted by Crippen LogP contribution is -2.36. The summed E-state index contributed by atoms with van der Waals surface area (Å²) in [5.41, 5.74) is 0.931. The Morgan fingerprint density at radius 2 is 2.15 bits per heavy atom. The number of hydrogen-bond acceptors (Lipinski definition) is 4. The number of nitrogens with zero attached hydrogens (tertiary/aromatic N) is 1. The molecule has 0 aliphatic carbocycles. The number of thiophene rings is 1. The molecule has 106 valence electrons. The van der Waals surface area contributed by atoms with Crippen molar-refractivity contribution in [3.8, 4) is 0 Å². The number of fused-ring (bicyclic) bond motifs is 1. The number of benzene rings is 1. The Kier molecular flexibility index (Phi) is 4.00. The predicted octanol–water partition coefficient (Wildman–Crippen LogP) is 2.32. The van der Waals surface area contributed by atoms with Crippen LogP contribution in [-0.4, -0.2) is 42.2 Å². The zero-order chi connectivity index (χ0) is 13.9. The Hall–Kier alpha value is -1.43. The normalized spacial score (nSPS) is 18.8. The van der Waals surface area contributed by atoms with Gasteiger partial charge in [-0.1, -0.05) is 18.2 Å². The van der Waals surface area contributed by atoms with Crippen molar-refractivity contribution >= 4 is 27.4 Å². The van der Waals surface area contributed by atoms with E-state index in [1.165, 1.54) is 0 Å². The second-order valence-corrected chi connectivity index (χ2v) is 5.98. The molecule has 0 saturated carbocycles. The SMILES string of the molecule is O=C(O)C(c1csc2ccccc12)N1CCCNCC1. The lowest BCUT2D eigenvalue weighted by molar-refractivity contribution is -0.143. The van der Waals surface area contributed by atoms with Crippen LogP contribution in [0.5, 0.6) is 0 Å². The largest absolute Gasteiger partial charge is 0.480 e. The van der Waals surface area contributed by atoms with Crippen LogP contribution in [0.4, 0.5) is 0 Å². The summed E-state index contributed by atoms with van der Waals surface area (Å²) < 4.78 is 1.15. The first kappa shape index (κ1) is 13.5. The zero-order valence-corrected chi connectivity index (χ0v) is 12.0. The van der Waals surface area contributed by atoms with Crippen LogP contribution in [-0.2, 0) is 4.79 Å². The number of carboxylic acids is 1. The van der Waals surface area contributed by atoms with Gasteiger partial charge in [0.1, 0.15) is 6.04 Å². The summed E-state index contributed by atoms with van der Waals surface area (Å²) in [4.78, 5) is 13.9. The lowest BCUT2D eigenvalue weighted by Gasteiger charge is -2.27. The molecule has 1 fully saturated rings. The van der Waals surface area contributed by atoms with E-state index in [1.54, 1.807) is 11.3 Å². The van der Waals surface area contributed by atoms with Crippen LogP contribution >= 0.6 is 11.3 Å². The molecule has 4 nitrogen and oxygen atoms in total. The Labute approximate surface area is 122 Å². The van der Waals surface area contributed by atoms with Gasteiger partial charge in [0.2, 0.25) is 0 Å². The van der Waals surface area contributed by atoms with Crippen molar-refractivity contribution < 1.29 is 9.90 Å². The summed E-state index contributed by atoms with van der Waals surface area (Å²) in [6.45, 7) is 3.42. The number of carboxylic acid groups (broad SMARTS) is 1. The van der Waals surface area contributed by atoms with Gasteiger partial charge < -0.3 is 10.4 Å². The number of nitrogens with one attached hydrogen (secondary N) is 1. The summed E-state index contributed by atoms with van der Waals surface area (Å²) in [6.07, 6.45) is 0.992. The molecule has 2 heterocycles. The molecule has 2 aromatic rings. The van der Waals surface area contributed by atoms with Crippen LogP contribution in [0, 0.1) is 0 Å². The Balaban J connectivity index is 1.99. The second kappa shape index (κ2) is 5.91. The van der Waals surface area contributed by atoms with Gasteiger partial charge in [0, 0.05) is 24.3 Å². The third-order valence-electron chi connectivity index (χ3n) is 3.78. The van der Waals surface area contributed by atoms with E-state index in [0.717, 1.165) is 48.2 Å². The van der Waals surface area contributed by atoms with E-state index < -0.39 is 12.0 Å². The average Bonchev–Trinajstić information content (AvgIpc) is 2.68. The molecule has 0 spiro atoms. The van der Waals surface area contributed by atoms with Crippen LogP contribution < -0.4 is 5.32 Å². The smallest absolute Gasteiger partial charge is 0.325 e. The van der Waals surface area contributed by atoms with Crippen molar-refractivity contribution in [2.75, 3.05) is 26.2 Å². The van der Waals surface area contributed by atoms with Gasteiger partial charge in [-0.2, -0.15) is 0 Å². The molecule has 0 amide bonds. The highest BCUT2D eigenvalue weighted by atomic mass is 32.1. The van der Waals surface area contributed by atoms with Gasteiger partial charge in [-0.15, -0.1) is 11.3 Å². The minimum absolute atomic E-state index is 0.536. The van der Waals surface area contributed by atoms with Crippen LogP contribution in [0.25, 0.3) is 10.1 Å². The third kappa shape index (κ3) is 2.57. The number of hydrogen-bond donors (Lipinski definition) is 2. The lowest BCUT2D eigenvalue weighted by atomic mass is 10.0. The molecular weight excluding hydrogens is 272 g/mol. The molecular formula is C15H18N2O2S. The first-order valence-corrected chi connectivity index (χ1v) is 7.79. The minimum atomic E-state index is -0.754. The molecule has 1 aliphatic rings. The zero-order valence-electron chi connectivity index (χ0n) is 11.2. The Morgan fingerprint density at radius 1 is 1.30 bits per heavy atom. The van der Waals surface area contributed by atoms with Gasteiger partial charge in [0.05, 0.1) is 0 Å². The maximum atomic E-state index is 11.8. The highest BCUT2D eigenvalue weighted by Gasteiger charge is 2.29. The fraction of sp³-hybridized carbons (Fsp3) is 0.400. The first-order chi connectivity index (χ1) is 9.77. The van der Waals surface area contributed by atoms with E-state index in [-0.39, 0.29) is 0 Å². The summed E-state index contributed by atoms with van der Waals surface area (Å²) >= 11 is 1.62. The molecule has 1 aromatic carbocycles. The first-order valence-electron chi connectivity index (χ1n) is 6.91. The maximum absolute atomic E-state index is 11.8. The van der Waals surface area contributed by atoms with Crippen molar-refractivity contribution in [2.24, 2.45) is 0 Å². The molecule has 0 bridgehead atoms. The van der Waals surface area contributed by atoms with E-state index in [2.05, 4.69) is 10.2 Å². The fourth-order valence-electron chi connectivity index (χ4n) is 2.82. The maximum Gasteiger partial charge on any atom is 0.325 e. The van der Waals surface area contributed by atoms with E-state index in [0.29, 0.717) is 0 Å². The molecule has 2 N–H and O–H groups in total. The van der Waals surface area contributed by atoms with E-state index in [4.69, 9.17) is 0 Å². The van der Waals surface area contributed by atoms with Crippen molar-refractivity contribution in [3.05, 3.63) is 35.2 Å². The minimum Gasteiger partial charge on any atom is -0.480 e. The van der Waals surface area contributed by atoms with Gasteiger partial charge in [0.25, 0.3) is 0 Å². The molecule has 1 atom stereocenters. The fourth-order valence-corrected chi connectivity index (χ4v) is 3.80. The number of rotatable bonds is 3. The Bertz CT molecular complexity index is 603. The van der Waals surface area contributed by atoms with Gasteiger partial charge in [0.15, 0.2) is 0 Å². The topological polar surface area (TPSA) is 52.6 Å². The number of carbonyl (C=O) groups is 1. The average molecular weight is 290 g/mol. The monoisotopic (exact) mass is 290 g/mol. The van der Waals surface area contributed by atoms with Crippen LogP contribution in [0.1, 0.15) is 18.0 Å². The number of aliphatic carboxylic acids is 1. The molecule has 20 heavy (non-hydrogen) atoms. The molecule has 5 heteroatoms. The van der Waals surface area contributed by atoms with Crippen molar-refractivity contribution in [1.29, 1.82) is 0 Å².